The Labute approximate surface area is 124 Å². The van der Waals surface area contributed by atoms with Crippen LogP contribution in [-0.2, 0) is 11.2 Å². The van der Waals surface area contributed by atoms with Crippen molar-refractivity contribution in [2.75, 3.05) is 21.3 Å². The number of nitrogens with one attached hydrogen (secondary N) is 1. The van der Waals surface area contributed by atoms with Crippen LogP contribution in [0.4, 0.5) is 0 Å². The molecule has 0 bridgehead atoms. The van der Waals surface area contributed by atoms with Crippen LogP contribution in [0.2, 0.25) is 0 Å². The van der Waals surface area contributed by atoms with Crippen LogP contribution in [0.1, 0.15) is 19.4 Å². The Balaban J connectivity index is 2.94. The minimum absolute atomic E-state index is 0.175. The van der Waals surface area contributed by atoms with Gasteiger partial charge in [-0.2, -0.15) is 0 Å². The van der Waals surface area contributed by atoms with Crippen LogP contribution in [0, 0.1) is 5.92 Å². The Bertz CT molecular complexity index is 396. The van der Waals surface area contributed by atoms with Crippen LogP contribution in [-0.4, -0.2) is 33.4 Å². The number of rotatable bonds is 7. The highest BCUT2D eigenvalue weighted by atomic mass is 79.9. The lowest BCUT2D eigenvalue weighted by atomic mass is 9.93. The highest BCUT2D eigenvalue weighted by Crippen LogP contribution is 2.26. The molecule has 0 aliphatic carbocycles. The topological polar surface area (TPSA) is 30.5 Å². The van der Waals surface area contributed by atoms with Crippen molar-refractivity contribution >= 4 is 15.9 Å². The zero-order valence-corrected chi connectivity index (χ0v) is 14.0. The largest absolute Gasteiger partial charge is 0.496 e. The molecule has 0 spiro atoms. The molecule has 0 saturated heterocycles. The first-order valence-corrected chi connectivity index (χ1v) is 7.35. The Morgan fingerprint density at radius 2 is 1.95 bits per heavy atom. The number of ether oxygens (including phenoxy) is 2. The Hall–Kier alpha value is -0.580. The molecule has 2 atom stereocenters. The Morgan fingerprint density at radius 1 is 1.26 bits per heavy atom. The van der Waals surface area contributed by atoms with Crippen molar-refractivity contribution < 1.29 is 9.47 Å². The second kappa shape index (κ2) is 7.88. The molecule has 1 aromatic rings. The maximum atomic E-state index is 5.63. The highest BCUT2D eigenvalue weighted by Gasteiger charge is 2.24. The Morgan fingerprint density at radius 3 is 2.42 bits per heavy atom. The number of halogens is 1. The van der Waals surface area contributed by atoms with Crippen LogP contribution in [0.3, 0.4) is 0 Å². The van der Waals surface area contributed by atoms with Gasteiger partial charge in [0.2, 0.25) is 0 Å². The van der Waals surface area contributed by atoms with Gasteiger partial charge in [0.05, 0.1) is 13.2 Å². The Kier molecular flexibility index (Phi) is 6.83. The van der Waals surface area contributed by atoms with Gasteiger partial charge in [0, 0.05) is 17.6 Å². The summed E-state index contributed by atoms with van der Waals surface area (Å²) in [6, 6.07) is 6.35. The molecule has 0 fully saturated rings. The highest BCUT2D eigenvalue weighted by molar-refractivity contribution is 9.10. The number of methoxy groups -OCH3 is 2. The van der Waals surface area contributed by atoms with E-state index in [0.29, 0.717) is 5.92 Å². The summed E-state index contributed by atoms with van der Waals surface area (Å²) in [6.07, 6.45) is 1.05. The van der Waals surface area contributed by atoms with Gasteiger partial charge in [0.1, 0.15) is 5.75 Å². The van der Waals surface area contributed by atoms with Gasteiger partial charge in [-0.1, -0.05) is 29.8 Å². The lowest BCUT2D eigenvalue weighted by molar-refractivity contribution is 0.0352. The van der Waals surface area contributed by atoms with Crippen molar-refractivity contribution in [3.63, 3.8) is 0 Å². The van der Waals surface area contributed by atoms with Crippen LogP contribution >= 0.6 is 15.9 Å². The maximum Gasteiger partial charge on any atom is 0.122 e. The maximum absolute atomic E-state index is 5.63. The first-order valence-electron chi connectivity index (χ1n) is 6.56. The van der Waals surface area contributed by atoms with Gasteiger partial charge in [0.25, 0.3) is 0 Å². The molecule has 0 aromatic heterocycles. The van der Waals surface area contributed by atoms with Crippen LogP contribution < -0.4 is 10.1 Å². The molecule has 1 aromatic carbocycles. The summed E-state index contributed by atoms with van der Waals surface area (Å²) in [6.45, 7) is 4.35. The van der Waals surface area contributed by atoms with E-state index >= 15 is 0 Å². The first-order chi connectivity index (χ1) is 9.03. The van der Waals surface area contributed by atoms with Crippen molar-refractivity contribution in [1.29, 1.82) is 0 Å². The number of likely N-dealkylation sites (N-methyl/N-ethyl adjacent to an activating group) is 1. The third-order valence-electron chi connectivity index (χ3n) is 3.38. The minimum Gasteiger partial charge on any atom is -0.496 e. The second-order valence-electron chi connectivity index (χ2n) is 5.00. The number of benzene rings is 1. The van der Waals surface area contributed by atoms with Gasteiger partial charge in [-0.15, -0.1) is 0 Å². The zero-order valence-electron chi connectivity index (χ0n) is 12.4. The molecule has 0 radical (unpaired) electrons. The fraction of sp³-hybridized carbons (Fsp3) is 0.600. The van der Waals surface area contributed by atoms with Gasteiger partial charge >= 0.3 is 0 Å². The van der Waals surface area contributed by atoms with E-state index in [4.69, 9.17) is 9.47 Å². The summed E-state index contributed by atoms with van der Waals surface area (Å²) >= 11 is 3.51. The molecule has 0 aliphatic heterocycles. The van der Waals surface area contributed by atoms with Crippen LogP contribution in [0.25, 0.3) is 0 Å². The van der Waals surface area contributed by atoms with E-state index < -0.39 is 0 Å². The molecule has 2 unspecified atom stereocenters. The predicted octanol–water partition coefficient (Wildman–Crippen LogP) is 3.26. The molecule has 4 heteroatoms. The standard InChI is InChI=1S/C15H24BrNO2/c1-10(2)15(19-5)13(17-3)9-11-8-12(16)6-7-14(11)18-4/h6-8,10,13,15,17H,9H2,1-5H3. The van der Waals surface area contributed by atoms with Crippen molar-refractivity contribution in [2.45, 2.75) is 32.4 Å². The summed E-state index contributed by atoms with van der Waals surface area (Å²) < 4.78 is 12.1. The smallest absolute Gasteiger partial charge is 0.122 e. The van der Waals surface area contributed by atoms with Gasteiger partial charge in [-0.25, -0.2) is 0 Å². The second-order valence-corrected chi connectivity index (χ2v) is 5.92. The SMILES string of the molecule is CNC(Cc1cc(Br)ccc1OC)C(OC)C(C)C. The fourth-order valence-corrected chi connectivity index (χ4v) is 2.84. The summed E-state index contributed by atoms with van der Waals surface area (Å²) in [4.78, 5) is 0. The van der Waals surface area contributed by atoms with Crippen molar-refractivity contribution in [3.05, 3.63) is 28.2 Å². The molecule has 19 heavy (non-hydrogen) atoms. The van der Waals surface area contributed by atoms with Gasteiger partial charge in [0.15, 0.2) is 0 Å². The molecular weight excluding hydrogens is 306 g/mol. The van der Waals surface area contributed by atoms with Crippen LogP contribution in [0.5, 0.6) is 5.75 Å². The summed E-state index contributed by atoms with van der Waals surface area (Å²) in [5.41, 5.74) is 1.18. The number of hydrogen-bond donors (Lipinski definition) is 1. The predicted molar refractivity (Wildman–Crippen MR) is 82.9 cm³/mol. The van der Waals surface area contributed by atoms with Gasteiger partial charge < -0.3 is 14.8 Å². The lowest BCUT2D eigenvalue weighted by Crippen LogP contribution is -2.43. The average molecular weight is 330 g/mol. The van der Waals surface area contributed by atoms with E-state index in [0.717, 1.165) is 16.6 Å². The monoisotopic (exact) mass is 329 g/mol. The van der Waals surface area contributed by atoms with Gasteiger partial charge in [-0.05, 0) is 43.1 Å². The molecular formula is C15H24BrNO2. The molecule has 0 saturated carbocycles. The molecule has 0 amide bonds. The van der Waals surface area contributed by atoms with E-state index in [9.17, 15) is 0 Å². The molecule has 1 rings (SSSR count). The van der Waals surface area contributed by atoms with E-state index in [1.54, 1.807) is 14.2 Å². The molecule has 108 valence electrons. The molecule has 1 N–H and O–H groups in total. The molecule has 0 aliphatic rings. The van der Waals surface area contributed by atoms with Gasteiger partial charge in [-0.3, -0.25) is 0 Å². The lowest BCUT2D eigenvalue weighted by Gasteiger charge is -2.29. The third-order valence-corrected chi connectivity index (χ3v) is 3.87. The number of hydrogen-bond acceptors (Lipinski definition) is 3. The summed E-state index contributed by atoms with van der Waals surface area (Å²) in [7, 11) is 5.45. The molecule has 3 nitrogen and oxygen atoms in total. The summed E-state index contributed by atoms with van der Waals surface area (Å²) in [5, 5.41) is 3.36. The van der Waals surface area contributed by atoms with E-state index in [2.05, 4.69) is 41.2 Å². The first kappa shape index (κ1) is 16.5. The quantitative estimate of drug-likeness (QED) is 0.832. The zero-order chi connectivity index (χ0) is 14.4. The normalized spacial score (nSPS) is 14.5. The molecule has 0 heterocycles. The van der Waals surface area contributed by atoms with E-state index in [-0.39, 0.29) is 12.1 Å². The summed E-state index contributed by atoms with van der Waals surface area (Å²) in [5.74, 6) is 1.38. The van der Waals surface area contributed by atoms with E-state index in [1.165, 1.54) is 5.56 Å². The van der Waals surface area contributed by atoms with E-state index in [1.807, 2.05) is 19.2 Å². The average Bonchev–Trinajstić information content (AvgIpc) is 2.38. The minimum atomic E-state index is 0.175. The van der Waals surface area contributed by atoms with Crippen molar-refractivity contribution in [2.24, 2.45) is 5.92 Å². The van der Waals surface area contributed by atoms with Crippen LogP contribution in [0.15, 0.2) is 22.7 Å². The van der Waals surface area contributed by atoms with Crippen molar-refractivity contribution in [3.8, 4) is 5.75 Å². The third kappa shape index (κ3) is 4.48. The fourth-order valence-electron chi connectivity index (χ4n) is 2.43. The van der Waals surface area contributed by atoms with Crippen molar-refractivity contribution in [1.82, 2.24) is 5.32 Å².